The summed E-state index contributed by atoms with van der Waals surface area (Å²) in [5.74, 6) is -0.158. The Morgan fingerprint density at radius 2 is 2.38 bits per heavy atom. The summed E-state index contributed by atoms with van der Waals surface area (Å²) in [5.41, 5.74) is 4.93. The number of aromatic nitrogens is 2. The van der Waals surface area contributed by atoms with Crippen LogP contribution in [0.2, 0.25) is 0 Å². The molecule has 0 radical (unpaired) electrons. The summed E-state index contributed by atoms with van der Waals surface area (Å²) in [6.45, 7) is 3.12. The van der Waals surface area contributed by atoms with Crippen LogP contribution in [0.4, 0.5) is 5.69 Å². The summed E-state index contributed by atoms with van der Waals surface area (Å²) in [7, 11) is 0. The van der Waals surface area contributed by atoms with Crippen molar-refractivity contribution in [2.45, 2.75) is 32.2 Å². The van der Waals surface area contributed by atoms with Crippen LogP contribution in [0.3, 0.4) is 0 Å². The van der Waals surface area contributed by atoms with Crippen molar-refractivity contribution in [1.29, 1.82) is 0 Å². The second kappa shape index (κ2) is 6.13. The number of aromatic amines is 1. The molecule has 0 saturated carbocycles. The molecule has 1 aliphatic carbocycles. The zero-order valence-corrected chi connectivity index (χ0v) is 13.6. The Labute approximate surface area is 139 Å². The quantitative estimate of drug-likeness (QED) is 0.689. The summed E-state index contributed by atoms with van der Waals surface area (Å²) in [6, 6.07) is 6.31. The number of likely N-dealkylation sites (N-methyl/N-ethyl adjacent to an activating group) is 1. The standard InChI is InChI=1S/C18H20N4O2/c1-2-19-12-4-6-17-15(8-12)14-7-11(3-5-16(14)22-17)18(23)21-13-9-20-24-10-13/h3,5,7,9-10,12,19,22H,2,4,6,8H2,1H3,(H,21,23). The van der Waals surface area contributed by atoms with Gasteiger partial charge in [0.1, 0.15) is 12.0 Å². The van der Waals surface area contributed by atoms with E-state index in [2.05, 4.69) is 27.7 Å². The molecule has 24 heavy (non-hydrogen) atoms. The average molecular weight is 324 g/mol. The molecular weight excluding hydrogens is 304 g/mol. The molecule has 0 spiro atoms. The first-order valence-corrected chi connectivity index (χ1v) is 8.32. The van der Waals surface area contributed by atoms with Crippen LogP contribution in [-0.2, 0) is 12.8 Å². The van der Waals surface area contributed by atoms with Crippen molar-refractivity contribution in [3.63, 3.8) is 0 Å². The fraction of sp³-hybridized carbons (Fsp3) is 0.333. The Bertz CT molecular complexity index is 867. The molecule has 4 rings (SSSR count). The van der Waals surface area contributed by atoms with E-state index in [1.165, 1.54) is 23.7 Å². The zero-order valence-electron chi connectivity index (χ0n) is 13.6. The van der Waals surface area contributed by atoms with Crippen LogP contribution < -0.4 is 10.6 Å². The Morgan fingerprint density at radius 1 is 1.46 bits per heavy atom. The molecule has 1 amide bonds. The van der Waals surface area contributed by atoms with Crippen molar-refractivity contribution in [2.75, 3.05) is 11.9 Å². The number of amides is 1. The predicted octanol–water partition coefficient (Wildman–Crippen LogP) is 2.88. The number of carbonyl (C=O) groups excluding carboxylic acids is 1. The van der Waals surface area contributed by atoms with Gasteiger partial charge < -0.3 is 20.1 Å². The SMILES string of the molecule is CCNC1CCc2[nH]c3ccc(C(=O)Nc4cnoc4)cc3c2C1. The molecular formula is C18H20N4O2. The molecule has 124 valence electrons. The lowest BCUT2D eigenvalue weighted by Crippen LogP contribution is -2.34. The molecule has 6 nitrogen and oxygen atoms in total. The van der Waals surface area contributed by atoms with E-state index in [1.54, 1.807) is 0 Å². The molecule has 3 N–H and O–H groups in total. The van der Waals surface area contributed by atoms with Crippen LogP contribution >= 0.6 is 0 Å². The number of nitrogens with zero attached hydrogens (tertiary/aromatic N) is 1. The zero-order chi connectivity index (χ0) is 16.5. The Kier molecular flexibility index (Phi) is 3.82. The number of benzene rings is 1. The van der Waals surface area contributed by atoms with E-state index in [-0.39, 0.29) is 5.91 Å². The maximum Gasteiger partial charge on any atom is 0.255 e. The third kappa shape index (κ3) is 2.69. The van der Waals surface area contributed by atoms with Crippen molar-refractivity contribution in [1.82, 2.24) is 15.5 Å². The molecule has 2 aromatic heterocycles. The summed E-state index contributed by atoms with van der Waals surface area (Å²) < 4.78 is 4.74. The normalized spacial score (nSPS) is 17.0. The van der Waals surface area contributed by atoms with Gasteiger partial charge in [0, 0.05) is 28.2 Å². The second-order valence-electron chi connectivity index (χ2n) is 6.21. The number of aryl methyl sites for hydroxylation is 1. The molecule has 6 heteroatoms. The van der Waals surface area contributed by atoms with Crippen molar-refractivity contribution < 1.29 is 9.32 Å². The van der Waals surface area contributed by atoms with Crippen LogP contribution in [0.25, 0.3) is 10.9 Å². The van der Waals surface area contributed by atoms with Gasteiger partial charge in [0.2, 0.25) is 0 Å². The molecule has 1 aliphatic rings. The minimum Gasteiger partial charge on any atom is -0.363 e. The third-order valence-corrected chi connectivity index (χ3v) is 4.63. The predicted molar refractivity (Wildman–Crippen MR) is 92.2 cm³/mol. The molecule has 1 aromatic carbocycles. The summed E-state index contributed by atoms with van der Waals surface area (Å²) in [4.78, 5) is 15.9. The lowest BCUT2D eigenvalue weighted by molar-refractivity contribution is 0.102. The second-order valence-corrected chi connectivity index (χ2v) is 6.21. The minimum atomic E-state index is -0.158. The number of nitrogens with one attached hydrogen (secondary N) is 3. The van der Waals surface area contributed by atoms with Crippen LogP contribution in [0.15, 0.2) is 35.2 Å². The smallest absolute Gasteiger partial charge is 0.255 e. The van der Waals surface area contributed by atoms with E-state index >= 15 is 0 Å². The van der Waals surface area contributed by atoms with Gasteiger partial charge in [0.25, 0.3) is 5.91 Å². The van der Waals surface area contributed by atoms with Crippen molar-refractivity contribution in [3.05, 3.63) is 47.5 Å². The summed E-state index contributed by atoms with van der Waals surface area (Å²) in [5, 5.41) is 11.1. The van der Waals surface area contributed by atoms with Crippen molar-refractivity contribution in [3.8, 4) is 0 Å². The molecule has 0 fully saturated rings. The molecule has 3 aromatic rings. The highest BCUT2D eigenvalue weighted by Crippen LogP contribution is 2.30. The molecule has 0 saturated heterocycles. The van der Waals surface area contributed by atoms with E-state index in [0.717, 1.165) is 36.7 Å². The van der Waals surface area contributed by atoms with Gasteiger partial charge in [-0.15, -0.1) is 0 Å². The van der Waals surface area contributed by atoms with Crippen molar-refractivity contribution in [2.24, 2.45) is 0 Å². The van der Waals surface area contributed by atoms with E-state index in [0.29, 0.717) is 17.3 Å². The van der Waals surface area contributed by atoms with Crippen molar-refractivity contribution >= 4 is 22.5 Å². The van der Waals surface area contributed by atoms with Crippen LogP contribution in [0, 0.1) is 0 Å². The number of hydrogen-bond donors (Lipinski definition) is 3. The number of H-pyrrole nitrogens is 1. The third-order valence-electron chi connectivity index (χ3n) is 4.63. The van der Waals surface area contributed by atoms with E-state index < -0.39 is 0 Å². The molecule has 2 heterocycles. The Balaban J connectivity index is 1.65. The maximum absolute atomic E-state index is 12.4. The van der Waals surface area contributed by atoms with Gasteiger partial charge in [-0.2, -0.15) is 0 Å². The highest BCUT2D eigenvalue weighted by Gasteiger charge is 2.22. The first kappa shape index (κ1) is 15.0. The largest absolute Gasteiger partial charge is 0.363 e. The van der Waals surface area contributed by atoms with Crippen LogP contribution in [0.5, 0.6) is 0 Å². The molecule has 1 unspecified atom stereocenters. The van der Waals surface area contributed by atoms with E-state index in [4.69, 9.17) is 4.52 Å². The average Bonchev–Trinajstić information content (AvgIpc) is 3.22. The van der Waals surface area contributed by atoms with Gasteiger partial charge in [-0.25, -0.2) is 0 Å². The Hall–Kier alpha value is -2.60. The number of rotatable bonds is 4. The van der Waals surface area contributed by atoms with Crippen LogP contribution in [-0.4, -0.2) is 28.6 Å². The summed E-state index contributed by atoms with van der Waals surface area (Å²) >= 11 is 0. The van der Waals surface area contributed by atoms with Gasteiger partial charge in [0.15, 0.2) is 0 Å². The molecule has 0 aliphatic heterocycles. The highest BCUT2D eigenvalue weighted by molar-refractivity contribution is 6.06. The van der Waals surface area contributed by atoms with E-state index in [1.807, 2.05) is 18.2 Å². The first-order chi connectivity index (χ1) is 11.7. The number of carbonyl (C=O) groups is 1. The topological polar surface area (TPSA) is 83.0 Å². The van der Waals surface area contributed by atoms with Gasteiger partial charge >= 0.3 is 0 Å². The number of anilines is 1. The summed E-state index contributed by atoms with van der Waals surface area (Å²) in [6.07, 6.45) is 6.09. The first-order valence-electron chi connectivity index (χ1n) is 8.32. The minimum absolute atomic E-state index is 0.158. The highest BCUT2D eigenvalue weighted by atomic mass is 16.5. The monoisotopic (exact) mass is 324 g/mol. The maximum atomic E-state index is 12.4. The fourth-order valence-electron chi connectivity index (χ4n) is 3.49. The van der Waals surface area contributed by atoms with Gasteiger partial charge in [-0.05, 0) is 49.6 Å². The molecule has 1 atom stereocenters. The van der Waals surface area contributed by atoms with Crippen LogP contribution in [0.1, 0.15) is 35.0 Å². The fourth-order valence-corrected chi connectivity index (χ4v) is 3.49. The van der Waals surface area contributed by atoms with E-state index in [9.17, 15) is 4.79 Å². The van der Waals surface area contributed by atoms with Gasteiger partial charge in [-0.3, -0.25) is 4.79 Å². The molecule has 0 bridgehead atoms. The lowest BCUT2D eigenvalue weighted by atomic mass is 9.91. The van der Waals surface area contributed by atoms with Gasteiger partial charge in [-0.1, -0.05) is 12.1 Å². The lowest BCUT2D eigenvalue weighted by Gasteiger charge is -2.23. The van der Waals surface area contributed by atoms with Gasteiger partial charge in [0.05, 0.1) is 6.20 Å². The number of fused-ring (bicyclic) bond motifs is 3. The Morgan fingerprint density at radius 3 is 3.17 bits per heavy atom. The number of hydrogen-bond acceptors (Lipinski definition) is 4.